The molecule has 1 aromatic heterocycles. The van der Waals surface area contributed by atoms with Crippen LogP contribution in [-0.2, 0) is 11.3 Å². The van der Waals surface area contributed by atoms with E-state index in [-0.39, 0.29) is 12.5 Å². The molecule has 7 heteroatoms. The fourth-order valence-corrected chi connectivity index (χ4v) is 3.71. The summed E-state index contributed by atoms with van der Waals surface area (Å²) in [7, 11) is 1.76. The van der Waals surface area contributed by atoms with Crippen molar-refractivity contribution in [1.82, 2.24) is 4.90 Å². The second-order valence-corrected chi connectivity index (χ2v) is 6.57. The highest BCUT2D eigenvalue weighted by Gasteiger charge is 2.17. The maximum atomic E-state index is 12.5. The van der Waals surface area contributed by atoms with Gasteiger partial charge in [0.05, 0.1) is 0 Å². The second-order valence-electron chi connectivity index (χ2n) is 4.81. The molecule has 0 atom stereocenters. The first-order valence-electron chi connectivity index (χ1n) is 6.81. The molecule has 122 valence electrons. The summed E-state index contributed by atoms with van der Waals surface area (Å²) in [5.74, 6) is -0.524. The quantitative estimate of drug-likeness (QED) is 0.776. The smallest absolute Gasteiger partial charge is 0.341 e. The zero-order chi connectivity index (χ0) is 16.8. The Labute approximate surface area is 142 Å². The summed E-state index contributed by atoms with van der Waals surface area (Å²) in [6.07, 6.45) is 1.95. The van der Waals surface area contributed by atoms with E-state index < -0.39 is 5.97 Å². The van der Waals surface area contributed by atoms with Gasteiger partial charge < -0.3 is 14.7 Å². The molecule has 2 rings (SSSR count). The number of rotatable bonds is 7. The van der Waals surface area contributed by atoms with Crippen molar-refractivity contribution in [3.05, 3.63) is 46.2 Å². The number of hydrogen-bond donors (Lipinski definition) is 1. The summed E-state index contributed by atoms with van der Waals surface area (Å²) in [5.41, 5.74) is 0.950. The lowest BCUT2D eigenvalue weighted by Crippen LogP contribution is -2.25. The van der Waals surface area contributed by atoms with Crippen LogP contribution >= 0.6 is 23.1 Å². The number of benzene rings is 1. The van der Waals surface area contributed by atoms with Crippen LogP contribution < -0.4 is 4.74 Å². The minimum atomic E-state index is -1.01. The van der Waals surface area contributed by atoms with Gasteiger partial charge in [0.1, 0.15) is 10.6 Å². The molecule has 23 heavy (non-hydrogen) atoms. The van der Waals surface area contributed by atoms with Crippen molar-refractivity contribution in [2.24, 2.45) is 0 Å². The van der Waals surface area contributed by atoms with Crippen LogP contribution in [0.3, 0.4) is 0 Å². The molecule has 0 saturated carbocycles. The van der Waals surface area contributed by atoms with E-state index in [9.17, 15) is 9.59 Å². The summed E-state index contributed by atoms with van der Waals surface area (Å²) in [6, 6.07) is 9.00. The lowest BCUT2D eigenvalue weighted by Gasteiger charge is -2.17. The molecule has 0 unspecified atom stereocenters. The third kappa shape index (κ3) is 4.74. The molecule has 1 aromatic carbocycles. The molecule has 2 aromatic rings. The number of carboxylic acids is 1. The van der Waals surface area contributed by atoms with E-state index in [0.29, 0.717) is 12.3 Å². The molecule has 5 nitrogen and oxygen atoms in total. The van der Waals surface area contributed by atoms with Crippen LogP contribution in [0.25, 0.3) is 0 Å². The van der Waals surface area contributed by atoms with Crippen molar-refractivity contribution in [2.45, 2.75) is 11.4 Å². The van der Waals surface area contributed by atoms with Crippen LogP contribution in [0, 0.1) is 0 Å². The first-order chi connectivity index (χ1) is 11.0. The van der Waals surface area contributed by atoms with Gasteiger partial charge in [0.15, 0.2) is 6.61 Å². The minimum Gasteiger partial charge on any atom is -0.482 e. The SMILES string of the molecule is CSc1ccsc1C(=O)N(C)Cc1ccc(OCC(=O)O)cc1. The molecule has 0 aliphatic heterocycles. The topological polar surface area (TPSA) is 66.8 Å². The molecule has 0 saturated heterocycles. The van der Waals surface area contributed by atoms with E-state index in [1.54, 1.807) is 35.8 Å². The van der Waals surface area contributed by atoms with Gasteiger partial charge in [-0.05, 0) is 35.4 Å². The summed E-state index contributed by atoms with van der Waals surface area (Å²) < 4.78 is 5.08. The van der Waals surface area contributed by atoms with E-state index in [0.717, 1.165) is 15.3 Å². The molecule has 0 aliphatic rings. The molecule has 1 heterocycles. The van der Waals surface area contributed by atoms with Crippen molar-refractivity contribution in [2.75, 3.05) is 19.9 Å². The number of thioether (sulfide) groups is 1. The number of ether oxygens (including phenoxy) is 1. The predicted octanol–water partition coefficient (Wildman–Crippen LogP) is 3.21. The molecule has 0 spiro atoms. The van der Waals surface area contributed by atoms with Gasteiger partial charge in [-0.1, -0.05) is 12.1 Å². The highest BCUT2D eigenvalue weighted by atomic mass is 32.2. The van der Waals surface area contributed by atoms with E-state index >= 15 is 0 Å². The summed E-state index contributed by atoms with van der Waals surface area (Å²) in [6.45, 7) is 0.108. The molecule has 1 amide bonds. The van der Waals surface area contributed by atoms with Gasteiger partial charge in [-0.3, -0.25) is 4.79 Å². The number of carbonyl (C=O) groups excluding carboxylic acids is 1. The number of thiophene rings is 1. The van der Waals surface area contributed by atoms with Gasteiger partial charge in [-0.2, -0.15) is 0 Å². The highest BCUT2D eigenvalue weighted by molar-refractivity contribution is 7.98. The van der Waals surface area contributed by atoms with Gasteiger partial charge >= 0.3 is 5.97 Å². The summed E-state index contributed by atoms with van der Waals surface area (Å²) >= 11 is 3.01. The normalized spacial score (nSPS) is 10.3. The molecule has 0 bridgehead atoms. The Morgan fingerprint density at radius 1 is 1.26 bits per heavy atom. The van der Waals surface area contributed by atoms with Crippen molar-refractivity contribution < 1.29 is 19.4 Å². The number of amides is 1. The van der Waals surface area contributed by atoms with Crippen LogP contribution in [-0.4, -0.2) is 41.8 Å². The maximum Gasteiger partial charge on any atom is 0.341 e. The highest BCUT2D eigenvalue weighted by Crippen LogP contribution is 2.27. The van der Waals surface area contributed by atoms with Crippen LogP contribution in [0.15, 0.2) is 40.6 Å². The summed E-state index contributed by atoms with van der Waals surface area (Å²) in [5, 5.41) is 10.5. The first kappa shape index (κ1) is 17.4. The van der Waals surface area contributed by atoms with Crippen molar-refractivity contribution in [3.63, 3.8) is 0 Å². The second kappa shape index (κ2) is 8.03. The monoisotopic (exact) mass is 351 g/mol. The van der Waals surface area contributed by atoms with Gasteiger partial charge in [0.2, 0.25) is 0 Å². The Balaban J connectivity index is 1.98. The number of hydrogen-bond acceptors (Lipinski definition) is 5. The largest absolute Gasteiger partial charge is 0.482 e. The van der Waals surface area contributed by atoms with Gasteiger partial charge in [0.25, 0.3) is 5.91 Å². The fourth-order valence-electron chi connectivity index (χ4n) is 1.97. The van der Waals surface area contributed by atoms with E-state index in [1.807, 2.05) is 29.8 Å². The Hall–Kier alpha value is -1.99. The lowest BCUT2D eigenvalue weighted by molar-refractivity contribution is -0.139. The number of nitrogens with zero attached hydrogens (tertiary/aromatic N) is 1. The van der Waals surface area contributed by atoms with Crippen LogP contribution in [0.4, 0.5) is 0 Å². The Morgan fingerprint density at radius 2 is 1.96 bits per heavy atom. The van der Waals surface area contributed by atoms with E-state index in [2.05, 4.69) is 0 Å². The third-order valence-electron chi connectivity index (χ3n) is 3.10. The zero-order valence-electron chi connectivity index (χ0n) is 12.8. The van der Waals surface area contributed by atoms with Crippen molar-refractivity contribution >= 4 is 35.0 Å². The van der Waals surface area contributed by atoms with Crippen LogP contribution in [0.2, 0.25) is 0 Å². The standard InChI is InChI=1S/C16H17NO4S2/c1-17(16(20)15-13(22-2)7-8-23-15)9-11-3-5-12(6-4-11)21-10-14(18)19/h3-8H,9-10H2,1-2H3,(H,18,19). The lowest BCUT2D eigenvalue weighted by atomic mass is 10.2. The third-order valence-corrected chi connectivity index (χ3v) is 4.91. The van der Waals surface area contributed by atoms with Crippen molar-refractivity contribution in [1.29, 1.82) is 0 Å². The van der Waals surface area contributed by atoms with Gasteiger partial charge in [0, 0.05) is 18.5 Å². The number of aliphatic carboxylic acids is 1. The molecule has 0 radical (unpaired) electrons. The van der Waals surface area contributed by atoms with Crippen LogP contribution in [0.1, 0.15) is 15.2 Å². The van der Waals surface area contributed by atoms with E-state index in [4.69, 9.17) is 9.84 Å². The molecule has 0 fully saturated rings. The van der Waals surface area contributed by atoms with E-state index in [1.165, 1.54) is 11.3 Å². The zero-order valence-corrected chi connectivity index (χ0v) is 14.4. The summed E-state index contributed by atoms with van der Waals surface area (Å²) in [4.78, 5) is 26.3. The van der Waals surface area contributed by atoms with Crippen molar-refractivity contribution in [3.8, 4) is 5.75 Å². The Morgan fingerprint density at radius 3 is 2.57 bits per heavy atom. The molecule has 1 N–H and O–H groups in total. The molecule has 0 aliphatic carbocycles. The fraction of sp³-hybridized carbons (Fsp3) is 0.250. The Bertz CT molecular complexity index is 682. The Kier molecular flexibility index (Phi) is 6.06. The number of carbonyl (C=O) groups is 2. The molecular formula is C16H17NO4S2. The number of carboxylic acid groups (broad SMARTS) is 1. The van der Waals surface area contributed by atoms with Crippen LogP contribution in [0.5, 0.6) is 5.75 Å². The predicted molar refractivity (Wildman–Crippen MR) is 91.5 cm³/mol. The molecular weight excluding hydrogens is 334 g/mol. The average Bonchev–Trinajstić information content (AvgIpc) is 3.01. The first-order valence-corrected chi connectivity index (χ1v) is 8.92. The van der Waals surface area contributed by atoms with Gasteiger partial charge in [-0.15, -0.1) is 23.1 Å². The average molecular weight is 351 g/mol. The van der Waals surface area contributed by atoms with Gasteiger partial charge in [-0.25, -0.2) is 4.79 Å². The maximum absolute atomic E-state index is 12.5. The minimum absolute atomic E-state index is 0.00412.